The largest absolute Gasteiger partial charge is 0.456 e. The molecule has 0 spiro atoms. The van der Waals surface area contributed by atoms with E-state index in [9.17, 15) is 0 Å². The SMILES string of the molecule is c1ccc(-c2ccc(-c3nc(-c4ccccc4)nc(-c4ccc5c(c4)oc4cc(-c6ccc(-c7ccccc7)c7sc8ccccc8c67)ccc45)n3)cc2)cc1. The van der Waals surface area contributed by atoms with E-state index >= 15 is 0 Å². The van der Waals surface area contributed by atoms with Crippen LogP contribution in [0.15, 0.2) is 192 Å². The number of fused-ring (bicyclic) bond motifs is 6. The van der Waals surface area contributed by atoms with Crippen molar-refractivity contribution in [2.24, 2.45) is 0 Å². The summed E-state index contributed by atoms with van der Waals surface area (Å²) in [5, 5.41) is 4.67. The maximum Gasteiger partial charge on any atom is 0.164 e. The summed E-state index contributed by atoms with van der Waals surface area (Å²) < 4.78 is 9.24. The Hall–Kier alpha value is -7.21. The van der Waals surface area contributed by atoms with Crippen LogP contribution in [0.25, 0.3) is 110 Å². The first-order valence-corrected chi connectivity index (χ1v) is 19.5. The lowest BCUT2D eigenvalue weighted by molar-refractivity contribution is 0.669. The second kappa shape index (κ2) is 13.3. The Morgan fingerprint density at radius 3 is 1.48 bits per heavy atom. The Balaban J connectivity index is 1.01. The lowest BCUT2D eigenvalue weighted by Crippen LogP contribution is -2.00. The molecule has 0 saturated heterocycles. The average molecular weight is 734 g/mol. The Morgan fingerprint density at radius 1 is 0.339 bits per heavy atom. The van der Waals surface area contributed by atoms with Crippen molar-refractivity contribution < 1.29 is 4.42 Å². The second-order valence-electron chi connectivity index (χ2n) is 14.0. The Bertz CT molecular complexity index is 3230. The number of furan rings is 1. The molecule has 8 aromatic carbocycles. The van der Waals surface area contributed by atoms with Crippen LogP contribution in [0.4, 0.5) is 0 Å². The van der Waals surface area contributed by atoms with E-state index in [0.29, 0.717) is 17.5 Å². The number of thiophene rings is 1. The smallest absolute Gasteiger partial charge is 0.164 e. The summed E-state index contributed by atoms with van der Waals surface area (Å²) in [6.07, 6.45) is 0. The van der Waals surface area contributed by atoms with Gasteiger partial charge in [-0.25, -0.2) is 15.0 Å². The Labute approximate surface area is 327 Å². The quantitative estimate of drug-likeness (QED) is 0.171. The number of hydrogen-bond donors (Lipinski definition) is 0. The van der Waals surface area contributed by atoms with Crippen molar-refractivity contribution in [3.8, 4) is 67.5 Å². The van der Waals surface area contributed by atoms with Crippen LogP contribution >= 0.6 is 11.3 Å². The van der Waals surface area contributed by atoms with Crippen molar-refractivity contribution in [3.05, 3.63) is 188 Å². The van der Waals surface area contributed by atoms with Gasteiger partial charge in [0.1, 0.15) is 11.2 Å². The normalized spacial score (nSPS) is 11.6. The molecular formula is C51H31N3OS. The summed E-state index contributed by atoms with van der Waals surface area (Å²) >= 11 is 1.86. The number of aromatic nitrogens is 3. The highest BCUT2D eigenvalue weighted by Crippen LogP contribution is 2.45. The first-order chi connectivity index (χ1) is 27.7. The van der Waals surface area contributed by atoms with Crippen molar-refractivity contribution in [1.29, 1.82) is 0 Å². The first-order valence-electron chi connectivity index (χ1n) is 18.7. The second-order valence-corrected chi connectivity index (χ2v) is 15.0. The molecule has 0 saturated carbocycles. The summed E-state index contributed by atoms with van der Waals surface area (Å²) in [7, 11) is 0. The monoisotopic (exact) mass is 733 g/mol. The van der Waals surface area contributed by atoms with E-state index in [-0.39, 0.29) is 0 Å². The van der Waals surface area contributed by atoms with Gasteiger partial charge in [0.05, 0.1) is 0 Å². The molecule has 0 amide bonds. The van der Waals surface area contributed by atoms with E-state index < -0.39 is 0 Å². The molecule has 11 aromatic rings. The van der Waals surface area contributed by atoms with E-state index in [4.69, 9.17) is 19.4 Å². The summed E-state index contributed by atoms with van der Waals surface area (Å²) in [5.41, 5.74) is 11.5. The van der Waals surface area contributed by atoms with Crippen LogP contribution in [0.5, 0.6) is 0 Å². The molecule has 0 aliphatic heterocycles. The molecule has 0 fully saturated rings. The highest BCUT2D eigenvalue weighted by Gasteiger charge is 2.18. The molecule has 0 atom stereocenters. The summed E-state index contributed by atoms with van der Waals surface area (Å²) in [6.45, 7) is 0. The van der Waals surface area contributed by atoms with Crippen molar-refractivity contribution in [1.82, 2.24) is 15.0 Å². The van der Waals surface area contributed by atoms with Crippen LogP contribution in [0, 0.1) is 0 Å². The standard InChI is InChI=1S/C51H31N3OS/c1-4-12-32(13-5-1)33-20-22-36(23-21-33)50-52-49(35-16-8-3-9-17-35)53-51(54-50)38-25-27-42-41-26-24-37(30-44(41)55-45(42)31-38)39-28-29-40(34-14-6-2-7-15-34)48-47(39)43-18-10-11-19-46(43)56-48/h1-31H. The number of hydrogen-bond acceptors (Lipinski definition) is 5. The van der Waals surface area contributed by atoms with Gasteiger partial charge in [0.25, 0.3) is 0 Å². The van der Waals surface area contributed by atoms with Crippen molar-refractivity contribution in [2.45, 2.75) is 0 Å². The zero-order valence-electron chi connectivity index (χ0n) is 30.1. The van der Waals surface area contributed by atoms with E-state index in [1.165, 1.54) is 42.4 Å². The maximum atomic E-state index is 6.67. The molecule has 0 bridgehead atoms. The fraction of sp³-hybridized carbons (Fsp3) is 0. The molecule has 0 unspecified atom stereocenters. The van der Waals surface area contributed by atoms with Gasteiger partial charge >= 0.3 is 0 Å². The van der Waals surface area contributed by atoms with E-state index in [2.05, 4.69) is 152 Å². The molecule has 3 heterocycles. The van der Waals surface area contributed by atoms with Gasteiger partial charge in [0.15, 0.2) is 17.5 Å². The minimum atomic E-state index is 0.592. The van der Waals surface area contributed by atoms with Gasteiger partial charge in [-0.2, -0.15) is 0 Å². The molecule has 5 heteroatoms. The van der Waals surface area contributed by atoms with Crippen LogP contribution in [0.3, 0.4) is 0 Å². The maximum absolute atomic E-state index is 6.67. The zero-order chi connectivity index (χ0) is 37.0. The van der Waals surface area contributed by atoms with Gasteiger partial charge in [-0.1, -0.05) is 158 Å². The van der Waals surface area contributed by atoms with Crippen molar-refractivity contribution in [3.63, 3.8) is 0 Å². The van der Waals surface area contributed by atoms with Gasteiger partial charge in [-0.3, -0.25) is 0 Å². The Morgan fingerprint density at radius 2 is 0.804 bits per heavy atom. The number of benzene rings is 8. The third-order valence-electron chi connectivity index (χ3n) is 10.6. The van der Waals surface area contributed by atoms with Crippen LogP contribution in [0.2, 0.25) is 0 Å². The van der Waals surface area contributed by atoms with Crippen LogP contribution in [-0.4, -0.2) is 15.0 Å². The molecule has 11 rings (SSSR count). The molecule has 0 aliphatic carbocycles. The highest BCUT2D eigenvalue weighted by atomic mass is 32.1. The topological polar surface area (TPSA) is 51.8 Å². The number of nitrogens with zero attached hydrogens (tertiary/aromatic N) is 3. The Kier molecular flexibility index (Phi) is 7.64. The molecule has 0 N–H and O–H groups in total. The summed E-state index contributed by atoms with van der Waals surface area (Å²) in [4.78, 5) is 15.0. The van der Waals surface area contributed by atoms with Gasteiger partial charge in [-0.05, 0) is 63.7 Å². The minimum Gasteiger partial charge on any atom is -0.456 e. The van der Waals surface area contributed by atoms with Gasteiger partial charge < -0.3 is 4.42 Å². The van der Waals surface area contributed by atoms with Gasteiger partial charge in [-0.15, -0.1) is 11.3 Å². The predicted octanol–water partition coefficient (Wildman–Crippen LogP) is 14.1. The van der Waals surface area contributed by atoms with Crippen LogP contribution < -0.4 is 0 Å². The summed E-state index contributed by atoms with van der Waals surface area (Å²) in [6, 6.07) is 65.6. The third kappa shape index (κ3) is 5.56. The van der Waals surface area contributed by atoms with Crippen LogP contribution in [0.1, 0.15) is 0 Å². The average Bonchev–Trinajstić information content (AvgIpc) is 3.85. The fourth-order valence-corrected chi connectivity index (χ4v) is 9.05. The zero-order valence-corrected chi connectivity index (χ0v) is 30.9. The summed E-state index contributed by atoms with van der Waals surface area (Å²) in [5.74, 6) is 1.83. The molecule has 3 aromatic heterocycles. The minimum absolute atomic E-state index is 0.592. The van der Waals surface area contributed by atoms with Gasteiger partial charge in [0.2, 0.25) is 0 Å². The molecule has 56 heavy (non-hydrogen) atoms. The molecular weight excluding hydrogens is 703 g/mol. The molecule has 0 radical (unpaired) electrons. The van der Waals surface area contributed by atoms with Crippen molar-refractivity contribution >= 4 is 53.4 Å². The van der Waals surface area contributed by atoms with E-state index in [1.807, 2.05) is 47.7 Å². The van der Waals surface area contributed by atoms with Crippen LogP contribution in [-0.2, 0) is 0 Å². The van der Waals surface area contributed by atoms with Gasteiger partial charge in [0, 0.05) is 47.6 Å². The fourth-order valence-electron chi connectivity index (χ4n) is 7.79. The highest BCUT2D eigenvalue weighted by molar-refractivity contribution is 7.26. The molecule has 4 nitrogen and oxygen atoms in total. The number of rotatable bonds is 6. The third-order valence-corrected chi connectivity index (χ3v) is 11.8. The predicted molar refractivity (Wildman–Crippen MR) is 233 cm³/mol. The molecule has 262 valence electrons. The van der Waals surface area contributed by atoms with E-state index in [1.54, 1.807) is 0 Å². The van der Waals surface area contributed by atoms with Crippen molar-refractivity contribution in [2.75, 3.05) is 0 Å². The molecule has 0 aliphatic rings. The lowest BCUT2D eigenvalue weighted by atomic mass is 9.94. The van der Waals surface area contributed by atoms with E-state index in [0.717, 1.165) is 49.8 Å². The first kappa shape index (κ1) is 32.2. The lowest BCUT2D eigenvalue weighted by Gasteiger charge is -2.09.